The molecule has 1 aromatic rings. The van der Waals surface area contributed by atoms with Crippen molar-refractivity contribution in [2.24, 2.45) is 0 Å². The molecule has 0 aliphatic heterocycles. The van der Waals surface area contributed by atoms with E-state index in [0.717, 1.165) is 0 Å². The lowest BCUT2D eigenvalue weighted by molar-refractivity contribution is 0.0691. The summed E-state index contributed by atoms with van der Waals surface area (Å²) in [4.78, 5) is 7.31. The number of carbonyl (C=O) groups is 1. The molecule has 1 N–H and O–H groups in total. The van der Waals surface area contributed by atoms with Crippen LogP contribution in [0.15, 0.2) is 26.8 Å². The summed E-state index contributed by atoms with van der Waals surface area (Å²) in [6.07, 6.45) is 0. The summed E-state index contributed by atoms with van der Waals surface area (Å²) in [5.41, 5.74) is -1.03. The predicted octanol–water partition coefficient (Wildman–Crippen LogP) is -0.610. The molecule has 0 radical (unpaired) electrons. The van der Waals surface area contributed by atoms with Crippen molar-refractivity contribution in [2.75, 3.05) is 21.3 Å². The summed E-state index contributed by atoms with van der Waals surface area (Å²) in [6.45, 7) is 0. The zero-order valence-corrected chi connectivity index (χ0v) is 14.9. The van der Waals surface area contributed by atoms with Crippen molar-refractivity contribution in [3.05, 3.63) is 17.7 Å². The smallest absolute Gasteiger partial charge is 0.337 e. The van der Waals surface area contributed by atoms with E-state index in [-0.39, 0.29) is 0 Å². The molecule has 0 aliphatic rings. The fourth-order valence-corrected chi connectivity index (χ4v) is 5.43. The first-order chi connectivity index (χ1) is 10.9. The Hall–Kier alpha value is -1.58. The van der Waals surface area contributed by atoms with Crippen LogP contribution in [0.5, 0.6) is 0 Å². The first kappa shape index (κ1) is 20.5. The number of benzene rings is 1. The molecule has 0 bridgehead atoms. The third-order valence-corrected chi connectivity index (χ3v) is 7.04. The third-order valence-electron chi connectivity index (χ3n) is 2.73. The maximum atomic E-state index is 12.1. The molecule has 0 aliphatic carbocycles. The van der Waals surface area contributed by atoms with Crippen LogP contribution < -0.4 is 0 Å². The molecule has 1 aromatic carbocycles. The largest absolute Gasteiger partial charge is 0.478 e. The summed E-state index contributed by atoms with van der Waals surface area (Å²) < 4.78 is 84.5. The molecule has 0 saturated carbocycles. The third kappa shape index (κ3) is 3.57. The fourth-order valence-electron chi connectivity index (χ4n) is 1.65. The lowest BCUT2D eigenvalue weighted by atomic mass is 10.2. The highest BCUT2D eigenvalue weighted by Crippen LogP contribution is 2.34. The molecule has 0 heterocycles. The first-order valence-electron chi connectivity index (χ1n) is 5.68. The SMILES string of the molecule is COS(=O)(=O)c1ccc(C(=O)O)c(S(=O)(=O)OC)c1S(=O)(=O)OC. The molecular formula is C10H12O11S3. The van der Waals surface area contributed by atoms with Gasteiger partial charge in [-0.05, 0) is 12.1 Å². The summed E-state index contributed by atoms with van der Waals surface area (Å²) in [5, 5.41) is 9.10. The van der Waals surface area contributed by atoms with Crippen LogP contribution in [0.1, 0.15) is 10.4 Å². The average Bonchev–Trinajstić information content (AvgIpc) is 2.53. The molecule has 24 heavy (non-hydrogen) atoms. The Morgan fingerprint density at radius 2 is 1.21 bits per heavy atom. The zero-order valence-electron chi connectivity index (χ0n) is 12.4. The van der Waals surface area contributed by atoms with E-state index < -0.39 is 56.6 Å². The minimum atomic E-state index is -4.98. The standard InChI is InChI=1S/C10H12O11S3/c1-19-22(13,14)7-5-4-6(10(11)12)8(23(15,16)20-2)9(7)24(17,18)21-3/h4-5H,1-3H3,(H,11,12). The molecular weight excluding hydrogens is 392 g/mol. The van der Waals surface area contributed by atoms with Crippen LogP contribution in [0.4, 0.5) is 0 Å². The lowest BCUT2D eigenvalue weighted by Gasteiger charge is -2.15. The van der Waals surface area contributed by atoms with E-state index >= 15 is 0 Å². The van der Waals surface area contributed by atoms with Crippen LogP contribution in [0, 0.1) is 0 Å². The van der Waals surface area contributed by atoms with Crippen molar-refractivity contribution in [2.45, 2.75) is 14.7 Å². The minimum Gasteiger partial charge on any atom is -0.478 e. The topological polar surface area (TPSA) is 167 Å². The van der Waals surface area contributed by atoms with E-state index in [1.165, 1.54) is 0 Å². The zero-order chi connectivity index (χ0) is 18.9. The number of carboxylic acids is 1. The van der Waals surface area contributed by atoms with E-state index in [2.05, 4.69) is 12.5 Å². The second-order valence-electron chi connectivity index (χ2n) is 3.94. The maximum absolute atomic E-state index is 12.1. The van der Waals surface area contributed by atoms with E-state index in [9.17, 15) is 30.0 Å². The Balaban J connectivity index is 4.32. The van der Waals surface area contributed by atoms with E-state index in [4.69, 9.17) is 5.11 Å². The molecule has 11 nitrogen and oxygen atoms in total. The van der Waals surface area contributed by atoms with Gasteiger partial charge in [-0.25, -0.2) is 4.79 Å². The first-order valence-corrected chi connectivity index (χ1v) is 9.90. The fraction of sp³-hybridized carbons (Fsp3) is 0.300. The highest BCUT2D eigenvalue weighted by molar-refractivity contribution is 7.91. The lowest BCUT2D eigenvalue weighted by Crippen LogP contribution is -2.21. The second kappa shape index (κ2) is 6.73. The van der Waals surface area contributed by atoms with Crippen LogP contribution in [0.25, 0.3) is 0 Å². The van der Waals surface area contributed by atoms with Crippen LogP contribution in [0.2, 0.25) is 0 Å². The summed E-state index contributed by atoms with van der Waals surface area (Å²) >= 11 is 0. The van der Waals surface area contributed by atoms with Gasteiger partial charge in [-0.3, -0.25) is 12.5 Å². The molecule has 0 fully saturated rings. The van der Waals surface area contributed by atoms with Crippen LogP contribution in [-0.2, 0) is 42.9 Å². The summed E-state index contributed by atoms with van der Waals surface area (Å²) in [7, 11) is -12.7. The minimum absolute atomic E-state index is 0.572. The molecule has 0 atom stereocenters. The van der Waals surface area contributed by atoms with Gasteiger partial charge >= 0.3 is 5.97 Å². The van der Waals surface area contributed by atoms with Crippen molar-refractivity contribution in [1.29, 1.82) is 0 Å². The van der Waals surface area contributed by atoms with E-state index in [1.54, 1.807) is 0 Å². The molecule has 0 aromatic heterocycles. The maximum Gasteiger partial charge on any atom is 0.337 e. The highest BCUT2D eigenvalue weighted by Gasteiger charge is 2.38. The average molecular weight is 404 g/mol. The second-order valence-corrected chi connectivity index (χ2v) is 8.92. The molecule has 0 amide bonds. The van der Waals surface area contributed by atoms with Crippen molar-refractivity contribution < 1.29 is 47.7 Å². The van der Waals surface area contributed by atoms with Gasteiger partial charge in [-0.1, -0.05) is 0 Å². The number of carboxylic acid groups (broad SMARTS) is 1. The van der Waals surface area contributed by atoms with Crippen LogP contribution in [0.3, 0.4) is 0 Å². The van der Waals surface area contributed by atoms with Gasteiger partial charge in [-0.15, -0.1) is 0 Å². The number of rotatable bonds is 7. The van der Waals surface area contributed by atoms with Gasteiger partial charge in [0.05, 0.1) is 26.9 Å². The van der Waals surface area contributed by atoms with Gasteiger partial charge in [0.15, 0.2) is 0 Å². The monoisotopic (exact) mass is 404 g/mol. The Bertz CT molecular complexity index is 971. The molecule has 0 unspecified atom stereocenters. The Labute approximate surface area is 138 Å². The van der Waals surface area contributed by atoms with Gasteiger partial charge in [0.2, 0.25) is 0 Å². The molecule has 1 rings (SSSR count). The van der Waals surface area contributed by atoms with Gasteiger partial charge in [0.1, 0.15) is 14.7 Å². The van der Waals surface area contributed by atoms with Crippen molar-refractivity contribution in [3.63, 3.8) is 0 Å². The normalized spacial score (nSPS) is 13.0. The van der Waals surface area contributed by atoms with E-state index in [1.807, 2.05) is 0 Å². The molecule has 0 spiro atoms. The quantitative estimate of drug-likeness (QED) is 0.575. The van der Waals surface area contributed by atoms with Crippen LogP contribution >= 0.6 is 0 Å². The highest BCUT2D eigenvalue weighted by atomic mass is 32.2. The van der Waals surface area contributed by atoms with E-state index in [0.29, 0.717) is 33.5 Å². The summed E-state index contributed by atoms with van der Waals surface area (Å²) in [5.74, 6) is -1.83. The van der Waals surface area contributed by atoms with Gasteiger partial charge in [-0.2, -0.15) is 25.3 Å². The van der Waals surface area contributed by atoms with Crippen molar-refractivity contribution in [3.8, 4) is 0 Å². The number of aromatic carboxylic acids is 1. The number of hydrogen-bond donors (Lipinski definition) is 1. The van der Waals surface area contributed by atoms with Crippen LogP contribution in [-0.4, -0.2) is 57.7 Å². The molecule has 0 saturated heterocycles. The predicted molar refractivity (Wildman–Crippen MR) is 76.0 cm³/mol. The van der Waals surface area contributed by atoms with Gasteiger partial charge < -0.3 is 5.11 Å². The van der Waals surface area contributed by atoms with Gasteiger partial charge in [0, 0.05) is 0 Å². The summed E-state index contributed by atoms with van der Waals surface area (Å²) in [6, 6.07) is 1.16. The Kier molecular flexibility index (Phi) is 5.74. The Morgan fingerprint density at radius 1 is 0.792 bits per heavy atom. The molecule has 136 valence electrons. The number of hydrogen-bond acceptors (Lipinski definition) is 10. The Morgan fingerprint density at radius 3 is 1.58 bits per heavy atom. The van der Waals surface area contributed by atoms with Crippen molar-refractivity contribution >= 4 is 36.3 Å². The van der Waals surface area contributed by atoms with Gasteiger partial charge in [0.25, 0.3) is 30.4 Å². The van der Waals surface area contributed by atoms with Crippen molar-refractivity contribution in [1.82, 2.24) is 0 Å². The molecule has 14 heteroatoms.